The molecule has 0 unspecified atom stereocenters. The van der Waals surface area contributed by atoms with Crippen LogP contribution >= 0.6 is 0 Å². The first-order chi connectivity index (χ1) is 10.1. The lowest BCUT2D eigenvalue weighted by Crippen LogP contribution is -2.35. The number of carbonyl (C=O) groups excluding carboxylic acids is 1. The SMILES string of the molecule is CC(C)(C)OC(=O)/C=C1/C[C@H]2CC(CC3CC(F)(F)C3)=C[C@@H]12. The molecular weight excluding hydrogens is 286 g/mol. The second-order valence-corrected chi connectivity index (χ2v) is 8.11. The predicted octanol–water partition coefficient (Wildman–Crippen LogP) is 4.66. The Bertz CT molecular complexity index is 532. The minimum absolute atomic E-state index is 0.0419. The molecule has 0 spiro atoms. The molecule has 0 saturated heterocycles. The van der Waals surface area contributed by atoms with Crippen molar-refractivity contribution in [1.82, 2.24) is 0 Å². The van der Waals surface area contributed by atoms with Crippen molar-refractivity contribution in [2.75, 3.05) is 0 Å². The zero-order valence-corrected chi connectivity index (χ0v) is 13.5. The summed E-state index contributed by atoms with van der Waals surface area (Å²) in [6.07, 6.45) is 6.68. The third-order valence-electron chi connectivity index (χ3n) is 4.81. The molecule has 2 saturated carbocycles. The van der Waals surface area contributed by atoms with Gasteiger partial charge in [0.25, 0.3) is 0 Å². The van der Waals surface area contributed by atoms with Crippen molar-refractivity contribution in [1.29, 1.82) is 0 Å². The molecule has 122 valence electrons. The molecule has 2 nitrogen and oxygen atoms in total. The monoisotopic (exact) mass is 310 g/mol. The highest BCUT2D eigenvalue weighted by Gasteiger charge is 2.46. The molecule has 0 aromatic rings. The van der Waals surface area contributed by atoms with E-state index in [0.29, 0.717) is 11.8 Å². The maximum atomic E-state index is 12.9. The Morgan fingerprint density at radius 1 is 1.36 bits per heavy atom. The van der Waals surface area contributed by atoms with Crippen LogP contribution in [0.25, 0.3) is 0 Å². The van der Waals surface area contributed by atoms with Gasteiger partial charge in [0.2, 0.25) is 5.92 Å². The van der Waals surface area contributed by atoms with Gasteiger partial charge in [0.05, 0.1) is 0 Å². The van der Waals surface area contributed by atoms with E-state index in [0.717, 1.165) is 24.8 Å². The van der Waals surface area contributed by atoms with E-state index in [1.54, 1.807) is 6.08 Å². The molecule has 22 heavy (non-hydrogen) atoms. The van der Waals surface area contributed by atoms with E-state index < -0.39 is 11.5 Å². The van der Waals surface area contributed by atoms with Crippen LogP contribution in [0.15, 0.2) is 23.3 Å². The summed E-state index contributed by atoms with van der Waals surface area (Å²) >= 11 is 0. The summed E-state index contributed by atoms with van der Waals surface area (Å²) in [6.45, 7) is 5.57. The van der Waals surface area contributed by atoms with Gasteiger partial charge in [0.15, 0.2) is 0 Å². The number of hydrogen-bond acceptors (Lipinski definition) is 2. The lowest BCUT2D eigenvalue weighted by atomic mass is 9.71. The second-order valence-electron chi connectivity index (χ2n) is 8.11. The third kappa shape index (κ3) is 3.41. The average molecular weight is 310 g/mol. The topological polar surface area (TPSA) is 26.3 Å². The van der Waals surface area contributed by atoms with Gasteiger partial charge in [-0.25, -0.2) is 13.6 Å². The first kappa shape index (κ1) is 15.7. The highest BCUT2D eigenvalue weighted by atomic mass is 19.3. The first-order valence-corrected chi connectivity index (χ1v) is 8.12. The van der Waals surface area contributed by atoms with E-state index in [1.807, 2.05) is 20.8 Å². The summed E-state index contributed by atoms with van der Waals surface area (Å²) in [5, 5.41) is 0. The van der Waals surface area contributed by atoms with Gasteiger partial charge in [0.1, 0.15) is 5.60 Å². The van der Waals surface area contributed by atoms with Crippen molar-refractivity contribution in [3.8, 4) is 0 Å². The van der Waals surface area contributed by atoms with Gasteiger partial charge >= 0.3 is 5.97 Å². The van der Waals surface area contributed by atoms with E-state index in [2.05, 4.69) is 6.08 Å². The van der Waals surface area contributed by atoms with Crippen LogP contribution in [0, 0.1) is 17.8 Å². The van der Waals surface area contributed by atoms with Gasteiger partial charge in [-0.1, -0.05) is 17.2 Å². The van der Waals surface area contributed by atoms with Crippen LogP contribution in [0.4, 0.5) is 8.78 Å². The Balaban J connectivity index is 1.54. The minimum Gasteiger partial charge on any atom is -0.457 e. The van der Waals surface area contributed by atoms with Gasteiger partial charge in [0, 0.05) is 24.8 Å². The van der Waals surface area contributed by atoms with Crippen LogP contribution in [-0.2, 0) is 9.53 Å². The van der Waals surface area contributed by atoms with E-state index in [9.17, 15) is 13.6 Å². The average Bonchev–Trinajstić information content (AvgIpc) is 2.59. The summed E-state index contributed by atoms with van der Waals surface area (Å²) in [5.41, 5.74) is 1.97. The first-order valence-electron chi connectivity index (χ1n) is 8.12. The molecule has 4 heteroatoms. The number of ether oxygens (including phenoxy) is 1. The zero-order valence-electron chi connectivity index (χ0n) is 13.5. The molecule has 2 atom stereocenters. The molecule has 0 bridgehead atoms. The quantitative estimate of drug-likeness (QED) is 0.431. The molecule has 0 aromatic carbocycles. The number of halogens is 2. The summed E-state index contributed by atoms with van der Waals surface area (Å²) in [4.78, 5) is 11.8. The van der Waals surface area contributed by atoms with Crippen LogP contribution in [0.2, 0.25) is 0 Å². The van der Waals surface area contributed by atoms with E-state index >= 15 is 0 Å². The second kappa shape index (κ2) is 5.17. The highest BCUT2D eigenvalue weighted by Crippen LogP contribution is 2.53. The lowest BCUT2D eigenvalue weighted by molar-refractivity contribution is -0.148. The van der Waals surface area contributed by atoms with Crippen LogP contribution in [-0.4, -0.2) is 17.5 Å². The predicted molar refractivity (Wildman–Crippen MR) is 80.5 cm³/mol. The summed E-state index contributed by atoms with van der Waals surface area (Å²) in [7, 11) is 0. The normalized spacial score (nSPS) is 32.0. The molecule has 0 radical (unpaired) electrons. The molecule has 3 rings (SSSR count). The molecule has 0 N–H and O–H groups in total. The maximum Gasteiger partial charge on any atom is 0.331 e. The molecular formula is C18H24F2O2. The van der Waals surface area contributed by atoms with Gasteiger partial charge in [-0.15, -0.1) is 0 Å². The van der Waals surface area contributed by atoms with Crippen LogP contribution < -0.4 is 0 Å². The van der Waals surface area contributed by atoms with E-state index in [4.69, 9.17) is 4.74 Å². The van der Waals surface area contributed by atoms with Crippen molar-refractivity contribution in [2.24, 2.45) is 17.8 Å². The number of esters is 1. The largest absolute Gasteiger partial charge is 0.457 e. The Labute approximate surface area is 130 Å². The molecule has 0 amide bonds. The standard InChI is InChI=1S/C18H24F2O2/c1-17(2,3)22-16(21)8-14-7-13-5-11(6-15(13)14)4-12-9-18(19,20)10-12/h6,8,12-13,15H,4-5,7,9-10H2,1-3H3/b14-8-/t13-,15-/m1/s1. The van der Waals surface area contributed by atoms with Crippen LogP contribution in [0.1, 0.15) is 52.9 Å². The van der Waals surface area contributed by atoms with Crippen molar-refractivity contribution in [3.63, 3.8) is 0 Å². The van der Waals surface area contributed by atoms with Gasteiger partial charge in [-0.2, -0.15) is 0 Å². The highest BCUT2D eigenvalue weighted by molar-refractivity contribution is 5.83. The summed E-state index contributed by atoms with van der Waals surface area (Å²) in [6, 6.07) is 0. The van der Waals surface area contributed by atoms with E-state index in [-0.39, 0.29) is 24.7 Å². The van der Waals surface area contributed by atoms with Gasteiger partial charge in [-0.05, 0) is 51.9 Å². The summed E-state index contributed by atoms with van der Waals surface area (Å²) < 4.78 is 31.1. The van der Waals surface area contributed by atoms with Crippen molar-refractivity contribution >= 4 is 5.97 Å². The fraction of sp³-hybridized carbons (Fsp3) is 0.722. The molecule has 2 fully saturated rings. The smallest absolute Gasteiger partial charge is 0.331 e. The van der Waals surface area contributed by atoms with Crippen molar-refractivity contribution < 1.29 is 18.3 Å². The summed E-state index contributed by atoms with van der Waals surface area (Å²) in [5.74, 6) is -1.64. The van der Waals surface area contributed by atoms with Gasteiger partial charge < -0.3 is 4.74 Å². The Morgan fingerprint density at radius 2 is 2.05 bits per heavy atom. The fourth-order valence-corrected chi connectivity index (χ4v) is 3.90. The maximum absolute atomic E-state index is 12.9. The molecule has 0 heterocycles. The van der Waals surface area contributed by atoms with Crippen molar-refractivity contribution in [2.45, 2.75) is 64.4 Å². The molecule has 3 aliphatic rings. The molecule has 0 aromatic heterocycles. The number of allylic oxidation sites excluding steroid dienone is 3. The third-order valence-corrected chi connectivity index (χ3v) is 4.81. The van der Waals surface area contributed by atoms with Crippen LogP contribution in [0.5, 0.6) is 0 Å². The minimum atomic E-state index is -2.43. The lowest BCUT2D eigenvalue weighted by Gasteiger charge is -2.35. The number of alkyl halides is 2. The Morgan fingerprint density at radius 3 is 2.64 bits per heavy atom. The van der Waals surface area contributed by atoms with Gasteiger partial charge in [-0.3, -0.25) is 0 Å². The molecule has 0 aliphatic heterocycles. The van der Waals surface area contributed by atoms with Crippen LogP contribution in [0.3, 0.4) is 0 Å². The fourth-order valence-electron chi connectivity index (χ4n) is 3.90. The Kier molecular flexibility index (Phi) is 3.69. The number of hydrogen-bond donors (Lipinski definition) is 0. The zero-order chi connectivity index (χ0) is 16.1. The number of carbonyl (C=O) groups is 1. The number of fused-ring (bicyclic) bond motifs is 1. The number of rotatable bonds is 3. The Hall–Kier alpha value is -1.19. The van der Waals surface area contributed by atoms with Crippen molar-refractivity contribution in [3.05, 3.63) is 23.3 Å². The molecule has 3 aliphatic carbocycles. The van der Waals surface area contributed by atoms with E-state index in [1.165, 1.54) is 5.57 Å².